The Morgan fingerprint density at radius 2 is 2.25 bits per heavy atom. The fourth-order valence-electron chi connectivity index (χ4n) is 2.76. The number of rotatable bonds is 6. The first-order valence-corrected chi connectivity index (χ1v) is 9.89. The number of thiazole rings is 1. The van der Waals surface area contributed by atoms with E-state index in [1.807, 2.05) is 0 Å². The van der Waals surface area contributed by atoms with Crippen molar-refractivity contribution >= 4 is 63.3 Å². The van der Waals surface area contributed by atoms with Gasteiger partial charge >= 0.3 is 5.97 Å². The summed E-state index contributed by atoms with van der Waals surface area (Å²) in [7, 11) is 1.23. The second kappa shape index (κ2) is 7.95. The number of hydrogen-bond donors (Lipinski definition) is 4. The highest BCUT2D eigenvalue weighted by Crippen LogP contribution is 2.40. The van der Waals surface area contributed by atoms with E-state index in [2.05, 4.69) is 20.3 Å². The molecule has 2 atom stereocenters. The Balaban J connectivity index is 1.81. The average molecular weight is 448 g/mol. The van der Waals surface area contributed by atoms with Gasteiger partial charge < -0.3 is 26.1 Å². The summed E-state index contributed by atoms with van der Waals surface area (Å²) in [5.74, 6) is -2.50. The van der Waals surface area contributed by atoms with Gasteiger partial charge in [-0.15, -0.1) is 11.8 Å². The first kappa shape index (κ1) is 20.4. The maximum absolute atomic E-state index is 12.6. The fourth-order valence-corrected chi connectivity index (χ4v) is 5.02. The van der Waals surface area contributed by atoms with E-state index in [0.29, 0.717) is 0 Å². The van der Waals surface area contributed by atoms with Crippen molar-refractivity contribution in [2.24, 2.45) is 5.16 Å². The van der Waals surface area contributed by atoms with Crippen LogP contribution in [-0.2, 0) is 19.2 Å². The number of thioether (sulfide) groups is 1. The lowest BCUT2D eigenvalue weighted by Crippen LogP contribution is -2.71. The number of nitrogens with one attached hydrogen (secondary N) is 1. The van der Waals surface area contributed by atoms with Crippen LogP contribution in [0.15, 0.2) is 16.4 Å². The molecule has 3 rings (SSSR count). The molecule has 2 amide bonds. The summed E-state index contributed by atoms with van der Waals surface area (Å²) in [5, 5.41) is 24.3. The van der Waals surface area contributed by atoms with Crippen molar-refractivity contribution in [2.45, 2.75) is 11.4 Å². The third-order valence-electron chi connectivity index (χ3n) is 3.95. The zero-order valence-corrected chi connectivity index (χ0v) is 16.6. The molecular weight excluding hydrogens is 434 g/mol. The second-order valence-electron chi connectivity index (χ2n) is 5.57. The maximum Gasteiger partial charge on any atom is 0.352 e. The number of carbonyl (C=O) groups excluding carboxylic acids is 2. The van der Waals surface area contributed by atoms with Crippen molar-refractivity contribution < 1.29 is 29.4 Å². The van der Waals surface area contributed by atoms with E-state index >= 15 is 0 Å². The van der Waals surface area contributed by atoms with Crippen LogP contribution in [0.5, 0.6) is 0 Å². The van der Waals surface area contributed by atoms with E-state index in [-0.39, 0.29) is 37.9 Å². The minimum atomic E-state index is -1.32. The molecule has 0 spiro atoms. The summed E-state index contributed by atoms with van der Waals surface area (Å²) in [6, 6.07) is -0.982. The third-order valence-corrected chi connectivity index (χ3v) is 6.37. The lowest BCUT2D eigenvalue weighted by Gasteiger charge is -2.49. The number of carboxylic acid groups (broad SMARTS) is 1. The Hall–Kier alpha value is -2.35. The van der Waals surface area contributed by atoms with Crippen molar-refractivity contribution in [3.8, 4) is 0 Å². The van der Waals surface area contributed by atoms with Crippen LogP contribution in [0.1, 0.15) is 5.69 Å². The molecule has 0 aromatic carbocycles. The number of hydrogen-bond acceptors (Lipinski definition) is 10. The summed E-state index contributed by atoms with van der Waals surface area (Å²) >= 11 is 8.19. The molecule has 2 aliphatic rings. The Morgan fingerprint density at radius 1 is 1.54 bits per heavy atom. The summed E-state index contributed by atoms with van der Waals surface area (Å²) < 4.78 is 0.126. The van der Waals surface area contributed by atoms with Gasteiger partial charge in [-0.3, -0.25) is 14.5 Å². The van der Waals surface area contributed by atoms with Gasteiger partial charge in [-0.2, -0.15) is 0 Å². The number of nitrogens with zero attached hydrogens (tertiary/aromatic N) is 3. The highest BCUT2D eigenvalue weighted by molar-refractivity contribution is 8.00. The minimum absolute atomic E-state index is 0.0112. The molecule has 150 valence electrons. The van der Waals surface area contributed by atoms with E-state index < -0.39 is 35.8 Å². The number of halogens is 1. The highest BCUT2D eigenvalue weighted by atomic mass is 35.5. The van der Waals surface area contributed by atoms with Crippen molar-refractivity contribution in [3.63, 3.8) is 0 Å². The number of aliphatic carboxylic acids is 1. The third kappa shape index (κ3) is 3.41. The number of anilines is 1. The highest BCUT2D eigenvalue weighted by Gasteiger charge is 2.54. The SMILES string of the molecule is CO/N=C(\C(=O)N[C@@H]1C(=O)N2C(C(=O)O)=C(CO)CS[C@@H]12)c1nc(N)sc1Cl. The van der Waals surface area contributed by atoms with Gasteiger partial charge in [-0.05, 0) is 5.57 Å². The normalized spacial score (nSPS) is 21.9. The second-order valence-corrected chi connectivity index (χ2v) is 8.31. The summed E-state index contributed by atoms with van der Waals surface area (Å²) in [5.41, 5.74) is 5.30. The number of aromatic nitrogens is 1. The quantitative estimate of drug-likeness (QED) is 0.254. The predicted octanol–water partition coefficient (Wildman–Crippen LogP) is -0.540. The molecule has 0 unspecified atom stereocenters. The van der Waals surface area contributed by atoms with Gasteiger partial charge in [0.15, 0.2) is 10.8 Å². The van der Waals surface area contributed by atoms with Crippen LogP contribution < -0.4 is 11.1 Å². The van der Waals surface area contributed by atoms with Crippen LogP contribution in [0.2, 0.25) is 4.34 Å². The molecule has 3 heterocycles. The zero-order valence-electron chi connectivity index (χ0n) is 14.2. The van der Waals surface area contributed by atoms with Crippen LogP contribution in [-0.4, -0.2) is 74.5 Å². The van der Waals surface area contributed by atoms with Crippen LogP contribution >= 0.6 is 34.7 Å². The molecule has 11 nitrogen and oxygen atoms in total. The Kier molecular flexibility index (Phi) is 5.79. The number of β-lactam (4-membered cyclic amide) rings is 1. The predicted molar refractivity (Wildman–Crippen MR) is 102 cm³/mol. The molecule has 0 radical (unpaired) electrons. The van der Waals surface area contributed by atoms with E-state index in [4.69, 9.17) is 17.3 Å². The number of fused-ring (bicyclic) bond motifs is 1. The van der Waals surface area contributed by atoms with E-state index in [1.165, 1.54) is 18.9 Å². The smallest absolute Gasteiger partial charge is 0.352 e. The molecule has 1 fully saturated rings. The van der Waals surface area contributed by atoms with Crippen molar-refractivity contribution in [1.29, 1.82) is 0 Å². The first-order valence-electron chi connectivity index (χ1n) is 7.65. The number of oxime groups is 1. The molecule has 0 saturated carbocycles. The van der Waals surface area contributed by atoms with Crippen LogP contribution in [0, 0.1) is 0 Å². The molecule has 2 aliphatic heterocycles. The maximum atomic E-state index is 12.6. The van der Waals surface area contributed by atoms with Crippen LogP contribution in [0.25, 0.3) is 0 Å². The average Bonchev–Trinajstić information content (AvgIpc) is 3.00. The molecule has 5 N–H and O–H groups in total. The summed E-state index contributed by atoms with van der Waals surface area (Å²) in [6.07, 6.45) is 0. The fraction of sp³-hybridized carbons (Fsp3) is 0.357. The Morgan fingerprint density at radius 3 is 2.79 bits per heavy atom. The number of amides is 2. The van der Waals surface area contributed by atoms with Gasteiger partial charge in [0.1, 0.15) is 34.3 Å². The lowest BCUT2D eigenvalue weighted by atomic mass is 10.0. The molecule has 28 heavy (non-hydrogen) atoms. The molecule has 0 bridgehead atoms. The molecule has 14 heteroatoms. The summed E-state index contributed by atoms with van der Waals surface area (Å²) in [6.45, 7) is -0.476. The molecule has 0 aliphatic carbocycles. The van der Waals surface area contributed by atoms with E-state index in [9.17, 15) is 24.6 Å². The topological polar surface area (TPSA) is 167 Å². The molecule has 1 aromatic heterocycles. The standard InChI is InChI=1S/C14H14ClN5O6S2/c1-26-19-6(5-9(15)28-14(16)18-5)10(22)17-7-11(23)20-8(13(24)25)4(2-21)3-27-12(7)20/h7,12,21H,2-3H2,1H3,(H2,16,18)(H,17,22)(H,24,25)/b19-6-/t7-,12+/m1/s1. The molecule has 1 saturated heterocycles. The number of aliphatic hydroxyl groups is 1. The summed E-state index contributed by atoms with van der Waals surface area (Å²) in [4.78, 5) is 46.3. The number of nitrogens with two attached hydrogens (primary N) is 1. The largest absolute Gasteiger partial charge is 0.477 e. The van der Waals surface area contributed by atoms with Crippen LogP contribution in [0.3, 0.4) is 0 Å². The van der Waals surface area contributed by atoms with Gasteiger partial charge in [0, 0.05) is 5.75 Å². The van der Waals surface area contributed by atoms with Crippen molar-refractivity contribution in [1.82, 2.24) is 15.2 Å². The van der Waals surface area contributed by atoms with Crippen molar-refractivity contribution in [3.05, 3.63) is 21.3 Å². The zero-order chi connectivity index (χ0) is 20.6. The molecule has 1 aromatic rings. The van der Waals surface area contributed by atoms with E-state index in [0.717, 1.165) is 16.2 Å². The van der Waals surface area contributed by atoms with Crippen LogP contribution in [0.4, 0.5) is 5.13 Å². The number of nitrogen functional groups attached to an aromatic ring is 1. The number of carboxylic acids is 1. The monoisotopic (exact) mass is 447 g/mol. The number of aliphatic hydroxyl groups excluding tert-OH is 1. The van der Waals surface area contributed by atoms with Gasteiger partial charge in [0.05, 0.1) is 6.61 Å². The lowest BCUT2D eigenvalue weighted by molar-refractivity contribution is -0.150. The Labute approximate surface area is 171 Å². The first-order chi connectivity index (χ1) is 13.3. The number of carbonyl (C=O) groups is 3. The van der Waals surface area contributed by atoms with Gasteiger partial charge in [-0.25, -0.2) is 9.78 Å². The van der Waals surface area contributed by atoms with Gasteiger partial charge in [0.25, 0.3) is 11.8 Å². The molecular formula is C14H14ClN5O6S2. The van der Waals surface area contributed by atoms with Crippen molar-refractivity contribution in [2.75, 3.05) is 25.2 Å². The van der Waals surface area contributed by atoms with E-state index in [1.54, 1.807) is 0 Å². The Bertz CT molecular complexity index is 916. The van der Waals surface area contributed by atoms with Gasteiger partial charge in [-0.1, -0.05) is 28.1 Å². The van der Waals surface area contributed by atoms with Gasteiger partial charge in [0.2, 0.25) is 0 Å². The minimum Gasteiger partial charge on any atom is -0.477 e.